The molecule has 1 aliphatic heterocycles. The van der Waals surface area contributed by atoms with Crippen LogP contribution in [0.25, 0.3) is 0 Å². The van der Waals surface area contributed by atoms with Gasteiger partial charge < -0.3 is 19.1 Å². The van der Waals surface area contributed by atoms with Crippen molar-refractivity contribution in [3.05, 3.63) is 53.6 Å². The molecular formula is C26H34N4O6. The van der Waals surface area contributed by atoms with Crippen LogP contribution in [0.2, 0.25) is 0 Å². The zero-order chi connectivity index (χ0) is 25.9. The number of carbonyl (C=O) groups is 3. The monoisotopic (exact) mass is 498 g/mol. The highest BCUT2D eigenvalue weighted by atomic mass is 16.5. The summed E-state index contributed by atoms with van der Waals surface area (Å²) in [4.78, 5) is 41.3. The van der Waals surface area contributed by atoms with Crippen molar-refractivity contribution in [2.24, 2.45) is 0 Å². The van der Waals surface area contributed by atoms with Crippen molar-refractivity contribution in [3.63, 3.8) is 0 Å². The maximum atomic E-state index is 12.7. The van der Waals surface area contributed by atoms with Crippen LogP contribution in [0, 0.1) is 0 Å². The lowest BCUT2D eigenvalue weighted by atomic mass is 10.1. The van der Waals surface area contributed by atoms with Crippen molar-refractivity contribution < 1.29 is 28.6 Å². The van der Waals surface area contributed by atoms with Crippen LogP contribution in [-0.4, -0.2) is 81.6 Å². The average Bonchev–Trinajstić information content (AvgIpc) is 3.15. The molecule has 0 atom stereocenters. The zero-order valence-electron chi connectivity index (χ0n) is 21.0. The Balaban J connectivity index is 1.41. The molecule has 1 fully saturated rings. The molecule has 194 valence electrons. The van der Waals surface area contributed by atoms with Crippen molar-refractivity contribution in [2.75, 3.05) is 54.1 Å². The first kappa shape index (κ1) is 26.8. The normalized spacial score (nSPS) is 13.9. The van der Waals surface area contributed by atoms with E-state index in [0.29, 0.717) is 56.1 Å². The van der Waals surface area contributed by atoms with Gasteiger partial charge in [-0.05, 0) is 48.7 Å². The fourth-order valence-corrected chi connectivity index (χ4v) is 4.00. The minimum absolute atomic E-state index is 0.110. The highest BCUT2D eigenvalue weighted by Crippen LogP contribution is 2.27. The maximum Gasteiger partial charge on any atom is 0.269 e. The van der Waals surface area contributed by atoms with Crippen LogP contribution in [0.5, 0.6) is 17.2 Å². The van der Waals surface area contributed by atoms with E-state index >= 15 is 0 Å². The number of hydrogen-bond donors (Lipinski definition) is 2. The summed E-state index contributed by atoms with van der Waals surface area (Å²) in [6, 6.07) is 12.5. The molecule has 0 aromatic heterocycles. The molecule has 1 saturated heterocycles. The highest BCUT2D eigenvalue weighted by molar-refractivity contribution is 5.96. The van der Waals surface area contributed by atoms with Gasteiger partial charge in [0, 0.05) is 38.2 Å². The number of methoxy groups -OCH3 is 3. The third kappa shape index (κ3) is 7.61. The molecule has 1 heterocycles. The Kier molecular flexibility index (Phi) is 9.93. The van der Waals surface area contributed by atoms with Crippen LogP contribution in [0.15, 0.2) is 42.5 Å². The van der Waals surface area contributed by atoms with Crippen molar-refractivity contribution in [1.29, 1.82) is 0 Å². The van der Waals surface area contributed by atoms with Crippen LogP contribution in [0.3, 0.4) is 0 Å². The Bertz CT molecular complexity index is 1040. The smallest absolute Gasteiger partial charge is 0.269 e. The summed E-state index contributed by atoms with van der Waals surface area (Å²) in [6.07, 6.45) is 1.89. The molecule has 0 radical (unpaired) electrons. The van der Waals surface area contributed by atoms with E-state index < -0.39 is 5.91 Å². The lowest BCUT2D eigenvalue weighted by Crippen LogP contribution is -2.47. The Labute approximate surface area is 211 Å². The number of benzene rings is 2. The van der Waals surface area contributed by atoms with Crippen molar-refractivity contribution in [1.82, 2.24) is 20.7 Å². The van der Waals surface area contributed by atoms with Gasteiger partial charge in [-0.2, -0.15) is 0 Å². The SMILES string of the molecule is COc1ccc(CCC(=O)N2CCCN(CC(=O)NNC(=O)c3ccc(OC)c(OC)c3)CC2)cc1. The number of nitrogens with one attached hydrogen (secondary N) is 2. The second-order valence-electron chi connectivity index (χ2n) is 8.43. The molecule has 36 heavy (non-hydrogen) atoms. The van der Waals surface area contributed by atoms with E-state index in [0.717, 1.165) is 17.7 Å². The molecule has 10 heteroatoms. The molecule has 0 saturated carbocycles. The molecule has 0 bridgehead atoms. The first-order valence-corrected chi connectivity index (χ1v) is 11.9. The van der Waals surface area contributed by atoms with Crippen LogP contribution < -0.4 is 25.1 Å². The van der Waals surface area contributed by atoms with E-state index in [-0.39, 0.29) is 18.4 Å². The molecule has 0 spiro atoms. The minimum Gasteiger partial charge on any atom is -0.497 e. The number of hydrogen-bond acceptors (Lipinski definition) is 7. The van der Waals surface area contributed by atoms with E-state index in [1.165, 1.54) is 20.3 Å². The molecule has 0 aliphatic carbocycles. The Morgan fingerprint density at radius 1 is 0.833 bits per heavy atom. The summed E-state index contributed by atoms with van der Waals surface area (Å²) in [5.74, 6) is 1.04. The second-order valence-corrected chi connectivity index (χ2v) is 8.43. The molecule has 0 unspecified atom stereocenters. The van der Waals surface area contributed by atoms with E-state index in [2.05, 4.69) is 10.9 Å². The van der Waals surface area contributed by atoms with E-state index in [1.54, 1.807) is 19.2 Å². The third-order valence-corrected chi connectivity index (χ3v) is 6.06. The largest absolute Gasteiger partial charge is 0.497 e. The quantitative estimate of drug-likeness (QED) is 0.506. The van der Waals surface area contributed by atoms with E-state index in [9.17, 15) is 14.4 Å². The average molecular weight is 499 g/mol. The number of rotatable bonds is 9. The van der Waals surface area contributed by atoms with Crippen molar-refractivity contribution in [2.45, 2.75) is 19.3 Å². The lowest BCUT2D eigenvalue weighted by molar-refractivity contribution is -0.131. The Morgan fingerprint density at radius 2 is 1.58 bits per heavy atom. The highest BCUT2D eigenvalue weighted by Gasteiger charge is 2.21. The molecule has 1 aliphatic rings. The van der Waals surface area contributed by atoms with Gasteiger partial charge >= 0.3 is 0 Å². The second kappa shape index (κ2) is 13.3. The fraction of sp³-hybridized carbons (Fsp3) is 0.423. The first-order chi connectivity index (χ1) is 17.4. The van der Waals surface area contributed by atoms with E-state index in [1.807, 2.05) is 34.1 Å². The molecule has 3 rings (SSSR count). The Morgan fingerprint density at radius 3 is 2.28 bits per heavy atom. The van der Waals surface area contributed by atoms with Crippen LogP contribution in [0.4, 0.5) is 0 Å². The molecule has 2 N–H and O–H groups in total. The van der Waals surface area contributed by atoms with Gasteiger partial charge in [-0.15, -0.1) is 0 Å². The molecule has 2 aromatic carbocycles. The van der Waals surface area contributed by atoms with Gasteiger partial charge in [-0.1, -0.05) is 12.1 Å². The molecular weight excluding hydrogens is 464 g/mol. The van der Waals surface area contributed by atoms with Crippen LogP contribution in [-0.2, 0) is 16.0 Å². The predicted molar refractivity (Wildman–Crippen MR) is 134 cm³/mol. The van der Waals surface area contributed by atoms with Gasteiger partial charge in [0.1, 0.15) is 5.75 Å². The van der Waals surface area contributed by atoms with Gasteiger partial charge in [0.15, 0.2) is 11.5 Å². The van der Waals surface area contributed by atoms with Gasteiger partial charge in [0.25, 0.3) is 11.8 Å². The lowest BCUT2D eigenvalue weighted by Gasteiger charge is -2.22. The van der Waals surface area contributed by atoms with Gasteiger partial charge in [-0.25, -0.2) is 0 Å². The molecule has 3 amide bonds. The topological polar surface area (TPSA) is 109 Å². The fourth-order valence-electron chi connectivity index (χ4n) is 4.00. The standard InChI is InChI=1S/C26H34N4O6/c1-34-21-9-5-19(6-10-21)7-12-25(32)30-14-4-13-29(15-16-30)18-24(31)27-28-26(33)20-8-11-22(35-2)23(17-20)36-3/h5-6,8-11,17H,4,7,12-16,18H2,1-3H3,(H,27,31)(H,28,33). The summed E-state index contributed by atoms with van der Waals surface area (Å²) in [6.45, 7) is 2.63. The van der Waals surface area contributed by atoms with Gasteiger partial charge in [0.05, 0.1) is 27.9 Å². The van der Waals surface area contributed by atoms with Crippen molar-refractivity contribution >= 4 is 17.7 Å². The van der Waals surface area contributed by atoms with E-state index in [4.69, 9.17) is 14.2 Å². The maximum absolute atomic E-state index is 12.7. The first-order valence-electron chi connectivity index (χ1n) is 11.9. The van der Waals surface area contributed by atoms with Crippen molar-refractivity contribution in [3.8, 4) is 17.2 Å². The van der Waals surface area contributed by atoms with Crippen LogP contribution in [0.1, 0.15) is 28.8 Å². The third-order valence-electron chi connectivity index (χ3n) is 6.06. The number of carbonyl (C=O) groups excluding carboxylic acids is 3. The summed E-state index contributed by atoms with van der Waals surface area (Å²) in [7, 11) is 4.62. The predicted octanol–water partition coefficient (Wildman–Crippen LogP) is 1.64. The zero-order valence-corrected chi connectivity index (χ0v) is 21.0. The Hall–Kier alpha value is -3.79. The number of nitrogens with zero attached hydrogens (tertiary/aromatic N) is 2. The van der Waals surface area contributed by atoms with Gasteiger partial charge in [0.2, 0.25) is 5.91 Å². The summed E-state index contributed by atoms with van der Waals surface area (Å²) >= 11 is 0. The number of aryl methyl sites for hydroxylation is 1. The minimum atomic E-state index is -0.464. The number of hydrazine groups is 1. The summed E-state index contributed by atoms with van der Waals surface area (Å²) in [5, 5.41) is 0. The summed E-state index contributed by atoms with van der Waals surface area (Å²) in [5.41, 5.74) is 6.29. The van der Waals surface area contributed by atoms with Gasteiger partial charge in [-0.3, -0.25) is 30.1 Å². The number of amides is 3. The molecule has 2 aromatic rings. The molecule has 10 nitrogen and oxygen atoms in total. The van der Waals surface area contributed by atoms with Crippen LogP contribution >= 0.6 is 0 Å². The summed E-state index contributed by atoms with van der Waals surface area (Å²) < 4.78 is 15.5. The number of ether oxygens (including phenoxy) is 3.